The fraction of sp³-hybridized carbons (Fsp3) is 0.933. The van der Waals surface area contributed by atoms with Crippen LogP contribution in [0, 0.1) is 0 Å². The van der Waals surface area contributed by atoms with Crippen molar-refractivity contribution in [3.8, 4) is 0 Å². The highest BCUT2D eigenvalue weighted by molar-refractivity contribution is 5.76. The van der Waals surface area contributed by atoms with E-state index in [-0.39, 0.29) is 11.8 Å². The van der Waals surface area contributed by atoms with Crippen LogP contribution >= 0.6 is 0 Å². The third-order valence-corrected chi connectivity index (χ3v) is 6.76. The topological polar surface area (TPSA) is 70.2 Å². The van der Waals surface area contributed by atoms with Crippen molar-refractivity contribution in [2.45, 2.75) is 155 Å². The van der Waals surface area contributed by atoms with Crippen molar-refractivity contribution in [3.63, 3.8) is 0 Å². The Morgan fingerprint density at radius 3 is 1.00 bits per heavy atom. The van der Waals surface area contributed by atoms with Crippen LogP contribution in [0.5, 0.6) is 0 Å². The molecule has 0 fully saturated rings. The molecule has 0 atom stereocenters. The summed E-state index contributed by atoms with van der Waals surface area (Å²) in [7, 11) is 0. The van der Waals surface area contributed by atoms with E-state index in [2.05, 4.69) is 29.8 Å². The molecule has 5 nitrogen and oxygen atoms in total. The number of carbonyl (C=O) groups excluding carboxylic acids is 2. The van der Waals surface area contributed by atoms with E-state index in [0.717, 1.165) is 25.9 Å². The maximum Gasteiger partial charge on any atom is 0.221 e. The molecule has 0 aliphatic heterocycles. The van der Waals surface area contributed by atoms with Crippen molar-refractivity contribution in [2.24, 2.45) is 0 Å². The van der Waals surface area contributed by atoms with Crippen LogP contribution in [0.4, 0.5) is 0 Å². The first kappa shape index (κ1) is 33.9. The monoisotopic (exact) mass is 495 g/mol. The SMILES string of the molecule is CCCCCCCCCCCCNC(=O)CCNCCC(=O)NCCCCCCCCCCCC. The smallest absolute Gasteiger partial charge is 0.221 e. The Morgan fingerprint density at radius 1 is 0.400 bits per heavy atom. The van der Waals surface area contributed by atoms with Gasteiger partial charge in [-0.2, -0.15) is 0 Å². The Morgan fingerprint density at radius 2 is 0.686 bits per heavy atom. The van der Waals surface area contributed by atoms with Gasteiger partial charge in [0.25, 0.3) is 0 Å². The Kier molecular flexibility index (Phi) is 28.2. The zero-order valence-corrected chi connectivity index (χ0v) is 23.7. The third-order valence-electron chi connectivity index (χ3n) is 6.76. The van der Waals surface area contributed by atoms with Gasteiger partial charge in [-0.25, -0.2) is 0 Å². The molecule has 3 N–H and O–H groups in total. The van der Waals surface area contributed by atoms with Crippen LogP contribution in [0.3, 0.4) is 0 Å². The average molecular weight is 496 g/mol. The van der Waals surface area contributed by atoms with Gasteiger partial charge in [0.05, 0.1) is 0 Å². The molecule has 0 aromatic heterocycles. The van der Waals surface area contributed by atoms with Gasteiger partial charge in [0.1, 0.15) is 0 Å². The largest absolute Gasteiger partial charge is 0.356 e. The highest BCUT2D eigenvalue weighted by Gasteiger charge is 2.03. The van der Waals surface area contributed by atoms with Gasteiger partial charge in [0.15, 0.2) is 0 Å². The molecule has 0 aliphatic rings. The highest BCUT2D eigenvalue weighted by atomic mass is 16.2. The molecular weight excluding hydrogens is 434 g/mol. The van der Waals surface area contributed by atoms with Gasteiger partial charge in [-0.15, -0.1) is 0 Å². The summed E-state index contributed by atoms with van der Waals surface area (Å²) in [4.78, 5) is 23.8. The van der Waals surface area contributed by atoms with Crippen molar-refractivity contribution in [3.05, 3.63) is 0 Å². The number of unbranched alkanes of at least 4 members (excludes halogenated alkanes) is 18. The van der Waals surface area contributed by atoms with Crippen LogP contribution in [0.25, 0.3) is 0 Å². The van der Waals surface area contributed by atoms with Gasteiger partial charge in [0, 0.05) is 39.0 Å². The first-order chi connectivity index (χ1) is 17.2. The van der Waals surface area contributed by atoms with E-state index in [4.69, 9.17) is 0 Å². The van der Waals surface area contributed by atoms with Crippen molar-refractivity contribution in [2.75, 3.05) is 26.2 Å². The molecular formula is C30H61N3O2. The minimum atomic E-state index is 0.110. The first-order valence-corrected chi connectivity index (χ1v) is 15.4. The molecule has 0 heterocycles. The predicted molar refractivity (Wildman–Crippen MR) is 152 cm³/mol. The Balaban J connectivity index is 3.27. The third kappa shape index (κ3) is 29.0. The molecule has 0 saturated carbocycles. The van der Waals surface area contributed by atoms with Gasteiger partial charge in [-0.3, -0.25) is 9.59 Å². The molecule has 0 aromatic rings. The van der Waals surface area contributed by atoms with Crippen LogP contribution in [0.2, 0.25) is 0 Å². The summed E-state index contributed by atoms with van der Waals surface area (Å²) in [5, 5.41) is 9.24. The summed E-state index contributed by atoms with van der Waals surface area (Å²) in [5.74, 6) is 0.220. The van der Waals surface area contributed by atoms with E-state index in [1.54, 1.807) is 0 Å². The van der Waals surface area contributed by atoms with Crippen LogP contribution in [0.1, 0.15) is 155 Å². The van der Waals surface area contributed by atoms with E-state index in [0.29, 0.717) is 25.9 Å². The molecule has 0 aromatic carbocycles. The molecule has 0 rings (SSSR count). The van der Waals surface area contributed by atoms with Crippen LogP contribution in [-0.4, -0.2) is 38.0 Å². The van der Waals surface area contributed by atoms with Crippen molar-refractivity contribution in [1.82, 2.24) is 16.0 Å². The van der Waals surface area contributed by atoms with E-state index in [1.807, 2.05) is 0 Å². The maximum atomic E-state index is 11.9. The Labute approximate surface area is 218 Å². The lowest BCUT2D eigenvalue weighted by molar-refractivity contribution is -0.121. The summed E-state index contributed by atoms with van der Waals surface area (Å²) in [6, 6.07) is 0. The van der Waals surface area contributed by atoms with Gasteiger partial charge >= 0.3 is 0 Å². The molecule has 0 saturated heterocycles. The molecule has 35 heavy (non-hydrogen) atoms. The summed E-state index contributed by atoms with van der Waals surface area (Å²) in [6.45, 7) is 7.37. The van der Waals surface area contributed by atoms with Gasteiger partial charge in [0.2, 0.25) is 11.8 Å². The van der Waals surface area contributed by atoms with Gasteiger partial charge < -0.3 is 16.0 Å². The van der Waals surface area contributed by atoms with E-state index in [1.165, 1.54) is 116 Å². The van der Waals surface area contributed by atoms with Crippen molar-refractivity contribution in [1.29, 1.82) is 0 Å². The number of amides is 2. The number of nitrogens with one attached hydrogen (secondary N) is 3. The quantitative estimate of drug-likeness (QED) is 0.0988. The summed E-state index contributed by atoms with van der Waals surface area (Å²) in [5.41, 5.74) is 0. The molecule has 0 bridgehead atoms. The lowest BCUT2D eigenvalue weighted by Crippen LogP contribution is -2.31. The number of rotatable bonds is 28. The van der Waals surface area contributed by atoms with Crippen LogP contribution in [0.15, 0.2) is 0 Å². The van der Waals surface area contributed by atoms with Crippen LogP contribution in [-0.2, 0) is 9.59 Å². The highest BCUT2D eigenvalue weighted by Crippen LogP contribution is 2.11. The van der Waals surface area contributed by atoms with E-state index in [9.17, 15) is 9.59 Å². The molecule has 2 amide bonds. The number of hydrogen-bond donors (Lipinski definition) is 3. The van der Waals surface area contributed by atoms with Crippen molar-refractivity contribution < 1.29 is 9.59 Å². The summed E-state index contributed by atoms with van der Waals surface area (Å²) >= 11 is 0. The second-order valence-corrected chi connectivity index (χ2v) is 10.3. The normalized spacial score (nSPS) is 11.0. The average Bonchev–Trinajstić information content (AvgIpc) is 2.85. The molecule has 0 aliphatic carbocycles. The van der Waals surface area contributed by atoms with E-state index < -0.39 is 0 Å². The lowest BCUT2D eigenvalue weighted by atomic mass is 10.1. The molecule has 0 spiro atoms. The molecule has 0 radical (unpaired) electrons. The second kappa shape index (κ2) is 29.1. The van der Waals surface area contributed by atoms with Gasteiger partial charge in [-0.05, 0) is 12.8 Å². The fourth-order valence-corrected chi connectivity index (χ4v) is 4.39. The zero-order valence-electron chi connectivity index (χ0n) is 23.7. The fourth-order valence-electron chi connectivity index (χ4n) is 4.39. The minimum absolute atomic E-state index is 0.110. The van der Waals surface area contributed by atoms with Gasteiger partial charge in [-0.1, -0.05) is 129 Å². The summed E-state index contributed by atoms with van der Waals surface area (Å²) < 4.78 is 0. The zero-order chi connectivity index (χ0) is 25.7. The van der Waals surface area contributed by atoms with E-state index >= 15 is 0 Å². The standard InChI is InChI=1S/C30H61N3O2/c1-3-5-7-9-11-13-15-17-19-21-25-32-29(34)23-27-31-28-24-30(35)33-26-22-20-18-16-14-12-10-8-6-4-2/h31H,3-28H2,1-2H3,(H,32,34)(H,33,35). The second-order valence-electron chi connectivity index (χ2n) is 10.3. The number of carbonyl (C=O) groups is 2. The summed E-state index contributed by atoms with van der Waals surface area (Å²) in [6.07, 6.45) is 27.2. The van der Waals surface area contributed by atoms with Crippen LogP contribution < -0.4 is 16.0 Å². The number of hydrogen-bond acceptors (Lipinski definition) is 3. The molecule has 5 heteroatoms. The Hall–Kier alpha value is -1.10. The van der Waals surface area contributed by atoms with Crippen molar-refractivity contribution >= 4 is 11.8 Å². The molecule has 208 valence electrons. The first-order valence-electron chi connectivity index (χ1n) is 15.4. The lowest BCUT2D eigenvalue weighted by Gasteiger charge is -2.08. The maximum absolute atomic E-state index is 11.9. The predicted octanol–water partition coefficient (Wildman–Crippen LogP) is 7.43. The Bertz CT molecular complexity index is 417. The minimum Gasteiger partial charge on any atom is -0.356 e. The molecule has 0 unspecified atom stereocenters.